The molecule has 4 heteroatoms. The lowest BCUT2D eigenvalue weighted by atomic mass is 9.70. The van der Waals surface area contributed by atoms with Gasteiger partial charge in [-0.25, -0.2) is 4.79 Å². The molecule has 1 aliphatic rings. The van der Waals surface area contributed by atoms with Crippen LogP contribution in [0.15, 0.2) is 24.3 Å². The maximum atomic E-state index is 13.5. The Hall–Kier alpha value is -1.83. The van der Waals surface area contributed by atoms with Crippen molar-refractivity contribution in [2.24, 2.45) is 11.8 Å². The summed E-state index contributed by atoms with van der Waals surface area (Å²) in [5.74, 6) is 6.07. The zero-order valence-corrected chi connectivity index (χ0v) is 19.5. The van der Waals surface area contributed by atoms with Gasteiger partial charge in [-0.15, -0.1) is 0 Å². The van der Waals surface area contributed by atoms with Gasteiger partial charge in [0.2, 0.25) is 1.43 Å². The van der Waals surface area contributed by atoms with Crippen molar-refractivity contribution in [1.82, 2.24) is 4.90 Å². The summed E-state index contributed by atoms with van der Waals surface area (Å²) < 4.78 is 13.8. The van der Waals surface area contributed by atoms with Crippen molar-refractivity contribution >= 4 is 5.97 Å². The lowest BCUT2D eigenvalue weighted by Gasteiger charge is -2.39. The van der Waals surface area contributed by atoms with Crippen LogP contribution in [0, 0.1) is 30.6 Å². The van der Waals surface area contributed by atoms with Gasteiger partial charge in [-0.05, 0) is 58.6 Å². The molecule has 2 rings (SSSR count). The topological polar surface area (TPSA) is 49.8 Å². The van der Waals surface area contributed by atoms with E-state index in [1.54, 1.807) is 6.92 Å². The zero-order chi connectivity index (χ0) is 23.0. The van der Waals surface area contributed by atoms with E-state index in [0.29, 0.717) is 24.1 Å². The van der Waals surface area contributed by atoms with E-state index in [4.69, 9.17) is 11.3 Å². The Morgan fingerprint density at radius 1 is 1.33 bits per heavy atom. The highest BCUT2D eigenvalue weighted by Gasteiger charge is 2.48. The van der Waals surface area contributed by atoms with Crippen LogP contribution >= 0.6 is 0 Å². The van der Waals surface area contributed by atoms with Gasteiger partial charge >= 0.3 is 5.97 Å². The first-order valence-electron chi connectivity index (χ1n) is 11.8. The van der Waals surface area contributed by atoms with Crippen molar-refractivity contribution in [3.8, 4) is 11.8 Å². The molecule has 1 aromatic carbocycles. The molecule has 1 aliphatic carbocycles. The van der Waals surface area contributed by atoms with Crippen LogP contribution in [0.25, 0.3) is 0 Å². The first kappa shape index (κ1) is 22.8. The molecule has 1 saturated carbocycles. The lowest BCUT2D eigenvalue weighted by molar-refractivity contribution is -0.178. The van der Waals surface area contributed by atoms with Crippen LogP contribution in [0.2, 0.25) is 0 Å². The van der Waals surface area contributed by atoms with Crippen molar-refractivity contribution in [1.29, 1.82) is 1.43 Å². The van der Waals surface area contributed by atoms with Gasteiger partial charge < -0.3 is 9.85 Å². The highest BCUT2D eigenvalue weighted by atomic mass is 16.6. The van der Waals surface area contributed by atoms with Gasteiger partial charge in [0, 0.05) is 12.0 Å². The third kappa shape index (κ3) is 6.09. The standard InChI is InChI=1S/C26H39NO3/c1-7-27(19(2)3)17-9-11-22(6)30-25(28)26(29,23-15-13-20(4)14-16-23)24-12-8-10-21(5)18-24/h13-16,19,21-22,24,29H,7-8,10,12,17-18H2,1-6H3/i29D. The van der Waals surface area contributed by atoms with Crippen molar-refractivity contribution < 1.29 is 14.6 Å². The molecule has 1 fully saturated rings. The summed E-state index contributed by atoms with van der Waals surface area (Å²) in [6.45, 7) is 13.9. The largest absolute Gasteiger partial charge is 0.447 e. The molecule has 1 aromatic rings. The maximum Gasteiger partial charge on any atom is 0.344 e. The van der Waals surface area contributed by atoms with Gasteiger partial charge in [-0.3, -0.25) is 4.90 Å². The zero-order valence-electron chi connectivity index (χ0n) is 20.5. The van der Waals surface area contributed by atoms with E-state index in [1.807, 2.05) is 31.2 Å². The number of benzene rings is 1. The minimum Gasteiger partial charge on any atom is -0.447 e. The first-order chi connectivity index (χ1) is 14.7. The number of hydrogen-bond donors (Lipinski definition) is 1. The predicted molar refractivity (Wildman–Crippen MR) is 122 cm³/mol. The Kier molecular flexibility index (Phi) is 8.36. The number of hydrogen-bond acceptors (Lipinski definition) is 4. The number of ether oxygens (including phenoxy) is 1. The van der Waals surface area contributed by atoms with Gasteiger partial charge in [0.05, 0.1) is 6.54 Å². The quantitative estimate of drug-likeness (QED) is 0.496. The smallest absolute Gasteiger partial charge is 0.344 e. The fraction of sp³-hybridized carbons (Fsp3) is 0.654. The number of esters is 1. The van der Waals surface area contributed by atoms with Crippen LogP contribution in [0.4, 0.5) is 0 Å². The maximum absolute atomic E-state index is 13.5. The molecular weight excluding hydrogens is 374 g/mol. The summed E-state index contributed by atoms with van der Waals surface area (Å²) in [5.41, 5.74) is 0.360. The number of carbonyl (C=O) groups is 1. The highest BCUT2D eigenvalue weighted by molar-refractivity contribution is 5.82. The van der Waals surface area contributed by atoms with Gasteiger partial charge in [0.15, 0.2) is 11.7 Å². The molecule has 0 aliphatic heterocycles. The summed E-state index contributed by atoms with van der Waals surface area (Å²) in [5, 5.41) is 5.32. The molecule has 0 heterocycles. The molecule has 4 atom stereocenters. The van der Waals surface area contributed by atoms with E-state index in [2.05, 4.69) is 44.4 Å². The second kappa shape index (κ2) is 11.0. The molecule has 166 valence electrons. The van der Waals surface area contributed by atoms with E-state index in [1.165, 1.54) is 0 Å². The fourth-order valence-corrected chi connectivity index (χ4v) is 4.35. The number of aliphatic hydroxyl groups is 1. The molecule has 4 nitrogen and oxygen atoms in total. The molecule has 0 amide bonds. The number of rotatable bonds is 8. The minimum atomic E-state index is -1.42. The summed E-state index contributed by atoms with van der Waals surface area (Å²) in [6, 6.07) is 8.11. The van der Waals surface area contributed by atoms with Crippen LogP contribution in [0.3, 0.4) is 0 Å². The average Bonchev–Trinajstić information content (AvgIpc) is 2.73. The summed E-state index contributed by atoms with van der Waals surface area (Å²) in [7, 11) is 0. The van der Waals surface area contributed by atoms with Crippen LogP contribution < -0.4 is 0 Å². The molecule has 1 N–H and O–H groups in total. The van der Waals surface area contributed by atoms with Crippen LogP contribution in [-0.2, 0) is 15.1 Å². The molecule has 0 saturated heterocycles. The minimum absolute atomic E-state index is 0.0966. The van der Waals surface area contributed by atoms with Gasteiger partial charge in [-0.1, -0.05) is 68.4 Å². The number of carbonyl (C=O) groups excluding carboxylic acids is 1. The van der Waals surface area contributed by atoms with Gasteiger partial charge in [-0.2, -0.15) is 0 Å². The Balaban J connectivity index is 2.27. The SMILES string of the molecule is [2H]OC(C(=O)OC(C)C#CCN(CC)C(C)C)(c1ccc(C)cc1)C1CCCC(C)C1. The Morgan fingerprint density at radius 3 is 2.60 bits per heavy atom. The second-order valence-corrected chi connectivity index (χ2v) is 9.10. The van der Waals surface area contributed by atoms with E-state index in [9.17, 15) is 4.79 Å². The molecule has 0 radical (unpaired) electrons. The predicted octanol–water partition coefficient (Wildman–Crippen LogP) is 4.67. The number of nitrogens with zero attached hydrogens (tertiary/aromatic N) is 1. The van der Waals surface area contributed by atoms with Crippen molar-refractivity contribution in [2.75, 3.05) is 13.1 Å². The third-order valence-corrected chi connectivity index (χ3v) is 6.30. The highest BCUT2D eigenvalue weighted by Crippen LogP contribution is 2.42. The summed E-state index contributed by atoms with van der Waals surface area (Å²) >= 11 is 0. The monoisotopic (exact) mass is 414 g/mol. The Morgan fingerprint density at radius 2 is 2.03 bits per heavy atom. The van der Waals surface area contributed by atoms with Crippen LogP contribution in [0.5, 0.6) is 0 Å². The Labute approximate surface area is 184 Å². The average molecular weight is 415 g/mol. The first-order valence-corrected chi connectivity index (χ1v) is 11.4. The normalized spacial score (nSPS) is 22.6. The summed E-state index contributed by atoms with van der Waals surface area (Å²) in [6.07, 6.45) is 3.26. The number of aryl methyl sites for hydroxylation is 1. The molecule has 0 spiro atoms. The van der Waals surface area contributed by atoms with Crippen molar-refractivity contribution in [2.45, 2.75) is 85.0 Å². The third-order valence-electron chi connectivity index (χ3n) is 6.30. The van der Waals surface area contributed by atoms with Crippen LogP contribution in [-0.4, -0.2) is 42.6 Å². The van der Waals surface area contributed by atoms with Gasteiger partial charge in [0.25, 0.3) is 0 Å². The Bertz CT molecular complexity index is 767. The van der Waals surface area contributed by atoms with Crippen LogP contribution in [0.1, 0.15) is 71.4 Å². The van der Waals surface area contributed by atoms with E-state index in [-0.39, 0.29) is 5.92 Å². The summed E-state index contributed by atoms with van der Waals surface area (Å²) in [4.78, 5) is 15.8. The molecule has 0 aromatic heterocycles. The van der Waals surface area contributed by atoms with Gasteiger partial charge in [0.1, 0.15) is 0 Å². The molecule has 0 bridgehead atoms. The molecular formula is C26H39NO3. The molecule has 4 unspecified atom stereocenters. The fourth-order valence-electron chi connectivity index (χ4n) is 4.35. The second-order valence-electron chi connectivity index (χ2n) is 9.10. The van der Waals surface area contributed by atoms with E-state index in [0.717, 1.165) is 37.8 Å². The van der Waals surface area contributed by atoms with Crippen molar-refractivity contribution in [3.63, 3.8) is 0 Å². The lowest BCUT2D eigenvalue weighted by Crippen LogP contribution is -2.46. The van der Waals surface area contributed by atoms with E-state index < -0.39 is 17.7 Å². The van der Waals surface area contributed by atoms with Crippen molar-refractivity contribution in [3.05, 3.63) is 35.4 Å². The molecule has 30 heavy (non-hydrogen) atoms. The van der Waals surface area contributed by atoms with E-state index >= 15 is 0 Å².